The Kier molecular flexibility index (Phi) is 3.84. The van der Waals surface area contributed by atoms with Crippen LogP contribution in [0.25, 0.3) is 0 Å². The van der Waals surface area contributed by atoms with Gasteiger partial charge in [-0.1, -0.05) is 12.1 Å². The topological polar surface area (TPSA) is 37.3 Å². The van der Waals surface area contributed by atoms with Crippen LogP contribution in [0.5, 0.6) is 0 Å². The average Bonchev–Trinajstić information content (AvgIpc) is 2.28. The van der Waals surface area contributed by atoms with E-state index in [-0.39, 0.29) is 5.56 Å². The van der Waals surface area contributed by atoms with E-state index in [2.05, 4.69) is 0 Å². The molecule has 0 saturated heterocycles. The van der Waals surface area contributed by atoms with Gasteiger partial charge in [-0.3, -0.25) is 4.79 Å². The summed E-state index contributed by atoms with van der Waals surface area (Å²) in [7, 11) is 0. The van der Waals surface area contributed by atoms with Gasteiger partial charge in [0.05, 0.1) is 5.88 Å². The van der Waals surface area contributed by atoms with Crippen molar-refractivity contribution in [2.24, 2.45) is 0 Å². The fraction of sp³-hybridized carbons (Fsp3) is 0.364. The highest BCUT2D eigenvalue weighted by molar-refractivity contribution is 6.19. The number of aliphatic hydroxyl groups is 1. The molecule has 0 saturated carbocycles. The molecule has 1 rings (SSSR count). The minimum Gasteiger partial charge on any atom is -0.377 e. The zero-order valence-corrected chi connectivity index (χ0v) is 9.64. The molecule has 1 unspecified atom stereocenters. The predicted octanol–water partition coefficient (Wildman–Crippen LogP) is 2.48. The van der Waals surface area contributed by atoms with E-state index in [1.165, 1.54) is 0 Å². The van der Waals surface area contributed by atoms with Crippen molar-refractivity contribution < 1.29 is 23.1 Å². The molecule has 2 nitrogen and oxygen atoms in total. The number of Topliss-reactive ketones (excluding diaryl/α,β-unsaturated/α-hetero) is 1. The van der Waals surface area contributed by atoms with Crippen molar-refractivity contribution in [1.29, 1.82) is 0 Å². The lowest BCUT2D eigenvalue weighted by atomic mass is 9.87. The number of rotatable bonds is 4. The van der Waals surface area contributed by atoms with E-state index in [1.54, 1.807) is 0 Å². The van der Waals surface area contributed by atoms with Crippen molar-refractivity contribution in [2.45, 2.75) is 18.4 Å². The van der Waals surface area contributed by atoms with E-state index in [1.807, 2.05) is 0 Å². The Morgan fingerprint density at radius 1 is 1.35 bits per heavy atom. The molecular weight excluding hydrogens is 257 g/mol. The summed E-state index contributed by atoms with van der Waals surface area (Å²) in [5, 5.41) is 9.86. The molecule has 0 spiro atoms. The molecule has 0 aliphatic carbocycles. The van der Waals surface area contributed by atoms with Gasteiger partial charge in [-0.15, -0.1) is 11.6 Å². The standard InChI is InChI=1S/C11H10ClF3O2/c1-7(16)11(14,15)10(17,6-12)8-2-4-9(13)5-3-8/h2-5,17H,6H2,1H3. The molecule has 1 aromatic carbocycles. The summed E-state index contributed by atoms with van der Waals surface area (Å²) in [5.74, 6) is -7.07. The number of alkyl halides is 3. The summed E-state index contributed by atoms with van der Waals surface area (Å²) >= 11 is 5.34. The monoisotopic (exact) mass is 266 g/mol. The van der Waals surface area contributed by atoms with Gasteiger partial charge in [0.15, 0.2) is 5.60 Å². The number of benzene rings is 1. The molecule has 0 heterocycles. The van der Waals surface area contributed by atoms with Gasteiger partial charge in [-0.25, -0.2) is 4.39 Å². The summed E-state index contributed by atoms with van der Waals surface area (Å²) < 4.78 is 39.9. The largest absolute Gasteiger partial charge is 0.377 e. The van der Waals surface area contributed by atoms with E-state index < -0.39 is 29.0 Å². The van der Waals surface area contributed by atoms with Gasteiger partial charge in [-0.2, -0.15) is 8.78 Å². The summed E-state index contributed by atoms with van der Waals surface area (Å²) in [5.41, 5.74) is -3.15. The Morgan fingerprint density at radius 2 is 1.82 bits per heavy atom. The number of carbonyl (C=O) groups excluding carboxylic acids is 1. The molecule has 1 aromatic rings. The van der Waals surface area contributed by atoms with Crippen LogP contribution in [0, 0.1) is 5.82 Å². The van der Waals surface area contributed by atoms with E-state index in [9.17, 15) is 23.1 Å². The minimum absolute atomic E-state index is 0.311. The van der Waals surface area contributed by atoms with Crippen molar-refractivity contribution in [3.05, 3.63) is 35.6 Å². The third-order valence-electron chi connectivity index (χ3n) is 2.48. The summed E-state index contributed by atoms with van der Waals surface area (Å²) in [4.78, 5) is 10.9. The fourth-order valence-electron chi connectivity index (χ4n) is 1.36. The highest BCUT2D eigenvalue weighted by atomic mass is 35.5. The van der Waals surface area contributed by atoms with Gasteiger partial charge in [0.2, 0.25) is 5.78 Å². The second kappa shape index (κ2) is 4.66. The first-order chi connectivity index (χ1) is 7.75. The number of ketones is 1. The fourth-order valence-corrected chi connectivity index (χ4v) is 1.68. The highest BCUT2D eigenvalue weighted by Crippen LogP contribution is 2.39. The first-order valence-electron chi connectivity index (χ1n) is 4.69. The minimum atomic E-state index is -4.04. The van der Waals surface area contributed by atoms with Crippen LogP contribution < -0.4 is 0 Å². The van der Waals surface area contributed by atoms with Crippen LogP contribution in [0.1, 0.15) is 12.5 Å². The zero-order valence-electron chi connectivity index (χ0n) is 8.88. The van der Waals surface area contributed by atoms with Crippen molar-refractivity contribution in [1.82, 2.24) is 0 Å². The van der Waals surface area contributed by atoms with Gasteiger partial charge in [0, 0.05) is 6.92 Å². The van der Waals surface area contributed by atoms with Gasteiger partial charge in [-0.05, 0) is 17.7 Å². The predicted molar refractivity (Wildman–Crippen MR) is 56.6 cm³/mol. The zero-order chi connectivity index (χ0) is 13.3. The van der Waals surface area contributed by atoms with Crippen LogP contribution in [-0.4, -0.2) is 22.7 Å². The third kappa shape index (κ3) is 2.30. The Morgan fingerprint density at radius 3 is 2.18 bits per heavy atom. The number of halogens is 4. The van der Waals surface area contributed by atoms with Gasteiger partial charge >= 0.3 is 5.92 Å². The van der Waals surface area contributed by atoms with Gasteiger partial charge < -0.3 is 5.11 Å². The normalized spacial score (nSPS) is 15.4. The maximum Gasteiger partial charge on any atom is 0.338 e. The van der Waals surface area contributed by atoms with Crippen LogP contribution in [0.4, 0.5) is 13.2 Å². The van der Waals surface area contributed by atoms with Crippen LogP contribution in [-0.2, 0) is 10.4 Å². The highest BCUT2D eigenvalue weighted by Gasteiger charge is 2.57. The Balaban J connectivity index is 3.30. The van der Waals surface area contributed by atoms with E-state index in [0.717, 1.165) is 24.3 Å². The second-order valence-corrected chi connectivity index (χ2v) is 3.90. The average molecular weight is 267 g/mol. The third-order valence-corrected chi connectivity index (χ3v) is 2.86. The maximum absolute atomic E-state index is 13.6. The molecule has 1 atom stereocenters. The molecule has 0 radical (unpaired) electrons. The number of carbonyl (C=O) groups is 1. The SMILES string of the molecule is CC(=O)C(F)(F)C(O)(CCl)c1ccc(F)cc1. The molecule has 0 aromatic heterocycles. The number of hydrogen-bond acceptors (Lipinski definition) is 2. The van der Waals surface area contributed by atoms with Crippen molar-refractivity contribution in [3.63, 3.8) is 0 Å². The Hall–Kier alpha value is -1.07. The first kappa shape index (κ1) is 14.0. The first-order valence-corrected chi connectivity index (χ1v) is 5.22. The van der Waals surface area contributed by atoms with Gasteiger partial charge in [0.25, 0.3) is 0 Å². The lowest BCUT2D eigenvalue weighted by Crippen LogP contribution is -2.51. The second-order valence-electron chi connectivity index (χ2n) is 3.63. The molecule has 0 fully saturated rings. The lowest BCUT2D eigenvalue weighted by molar-refractivity contribution is -0.185. The molecule has 0 aliphatic heterocycles. The van der Waals surface area contributed by atoms with Gasteiger partial charge in [0.1, 0.15) is 5.82 Å². The van der Waals surface area contributed by atoms with Crippen molar-refractivity contribution in [2.75, 3.05) is 5.88 Å². The van der Waals surface area contributed by atoms with E-state index >= 15 is 0 Å². The summed E-state index contributed by atoms with van der Waals surface area (Å²) in [6.45, 7) is 0.654. The Bertz CT molecular complexity index is 419. The quantitative estimate of drug-likeness (QED) is 0.850. The molecule has 0 bridgehead atoms. The molecule has 17 heavy (non-hydrogen) atoms. The molecule has 0 aliphatic rings. The molecular formula is C11H10ClF3O2. The van der Waals surface area contributed by atoms with Crippen LogP contribution >= 0.6 is 11.6 Å². The van der Waals surface area contributed by atoms with Crippen molar-refractivity contribution >= 4 is 17.4 Å². The molecule has 1 N–H and O–H groups in total. The maximum atomic E-state index is 13.6. The Labute approximate surface area is 101 Å². The summed E-state index contributed by atoms with van der Waals surface area (Å²) in [6, 6.07) is 3.75. The molecule has 6 heteroatoms. The molecule has 0 amide bonds. The molecule has 94 valence electrons. The van der Waals surface area contributed by atoms with Crippen LogP contribution in [0.15, 0.2) is 24.3 Å². The van der Waals surface area contributed by atoms with Crippen LogP contribution in [0.2, 0.25) is 0 Å². The van der Waals surface area contributed by atoms with E-state index in [0.29, 0.717) is 6.92 Å². The van der Waals surface area contributed by atoms with Crippen molar-refractivity contribution in [3.8, 4) is 0 Å². The van der Waals surface area contributed by atoms with Crippen LogP contribution in [0.3, 0.4) is 0 Å². The van der Waals surface area contributed by atoms with E-state index in [4.69, 9.17) is 11.6 Å². The smallest absolute Gasteiger partial charge is 0.338 e. The lowest BCUT2D eigenvalue weighted by Gasteiger charge is -2.32. The number of hydrogen-bond donors (Lipinski definition) is 1. The summed E-state index contributed by atoms with van der Waals surface area (Å²) in [6.07, 6.45) is 0.